The Morgan fingerprint density at radius 2 is 1.55 bits per heavy atom. The number of amides is 4. The van der Waals surface area contributed by atoms with E-state index in [0.29, 0.717) is 28.4 Å². The number of urea groups is 1. The highest BCUT2D eigenvalue weighted by Gasteiger charge is 2.46. The number of rotatable bonds is 9. The van der Waals surface area contributed by atoms with E-state index in [4.69, 9.17) is 9.47 Å². The van der Waals surface area contributed by atoms with Crippen LogP contribution in [0.4, 0.5) is 16.2 Å². The lowest BCUT2D eigenvalue weighted by atomic mass is 10.1. The first-order chi connectivity index (χ1) is 18.3. The summed E-state index contributed by atoms with van der Waals surface area (Å²) >= 11 is 0. The van der Waals surface area contributed by atoms with Gasteiger partial charge in [-0.3, -0.25) is 9.59 Å². The molecule has 1 unspecified atom stereocenters. The number of carbonyl (C=O) groups excluding carboxylic acids is 4. The summed E-state index contributed by atoms with van der Waals surface area (Å²) in [6, 6.07) is 18.3. The average molecular weight is 518 g/mol. The zero-order chi connectivity index (χ0) is 27.2. The lowest BCUT2D eigenvalue weighted by Crippen LogP contribution is -2.37. The van der Waals surface area contributed by atoms with Crippen molar-refractivity contribution in [2.24, 2.45) is 0 Å². The van der Waals surface area contributed by atoms with Gasteiger partial charge in [0, 0.05) is 18.3 Å². The lowest BCUT2D eigenvalue weighted by Gasteiger charge is -2.22. The number of carbonyl (C=O) groups is 4. The second-order valence-corrected chi connectivity index (χ2v) is 8.47. The fourth-order valence-electron chi connectivity index (χ4n) is 4.12. The van der Waals surface area contributed by atoms with Gasteiger partial charge in [-0.25, -0.2) is 14.5 Å². The van der Waals surface area contributed by atoms with Crippen LogP contribution in [0.3, 0.4) is 0 Å². The number of hydrogen-bond donors (Lipinski definition) is 1. The smallest absolute Gasteiger partial charge is 0.337 e. The highest BCUT2D eigenvalue weighted by atomic mass is 16.5. The number of esters is 1. The zero-order valence-electron chi connectivity index (χ0n) is 21.2. The summed E-state index contributed by atoms with van der Waals surface area (Å²) < 4.78 is 15.1. The highest BCUT2D eigenvalue weighted by Crippen LogP contribution is 2.31. The summed E-state index contributed by atoms with van der Waals surface area (Å²) in [6.07, 6.45) is -0.264. The molecule has 0 aromatic heterocycles. The fourth-order valence-corrected chi connectivity index (χ4v) is 4.12. The van der Waals surface area contributed by atoms with E-state index >= 15 is 0 Å². The Balaban J connectivity index is 1.57. The van der Waals surface area contributed by atoms with Crippen molar-refractivity contribution >= 4 is 35.2 Å². The van der Waals surface area contributed by atoms with Crippen LogP contribution in [-0.2, 0) is 20.9 Å². The molecular weight excluding hydrogens is 490 g/mol. The molecule has 0 saturated carbocycles. The van der Waals surface area contributed by atoms with Crippen molar-refractivity contribution in [2.45, 2.75) is 19.0 Å². The molecule has 1 atom stereocenters. The molecule has 3 aromatic rings. The molecule has 1 heterocycles. The Kier molecular flexibility index (Phi) is 7.91. The van der Waals surface area contributed by atoms with Crippen LogP contribution in [-0.4, -0.2) is 56.1 Å². The van der Waals surface area contributed by atoms with Crippen molar-refractivity contribution < 1.29 is 33.4 Å². The molecule has 0 aliphatic carbocycles. The van der Waals surface area contributed by atoms with Gasteiger partial charge in [-0.2, -0.15) is 0 Å². The molecule has 1 fully saturated rings. The number of imide groups is 1. The summed E-state index contributed by atoms with van der Waals surface area (Å²) in [5, 5.41) is 2.72. The van der Waals surface area contributed by atoms with Crippen LogP contribution in [0.25, 0.3) is 0 Å². The van der Waals surface area contributed by atoms with Crippen molar-refractivity contribution in [2.75, 3.05) is 31.5 Å². The predicted octanol–water partition coefficient (Wildman–Crippen LogP) is 3.86. The van der Waals surface area contributed by atoms with Gasteiger partial charge in [0.25, 0.3) is 5.91 Å². The van der Waals surface area contributed by atoms with E-state index in [1.54, 1.807) is 67.8 Å². The van der Waals surface area contributed by atoms with Gasteiger partial charge in [0.1, 0.15) is 17.5 Å². The lowest BCUT2D eigenvalue weighted by molar-refractivity contribution is -0.124. The third kappa shape index (κ3) is 5.59. The molecule has 0 spiro atoms. The molecule has 0 bridgehead atoms. The van der Waals surface area contributed by atoms with Gasteiger partial charge >= 0.3 is 12.0 Å². The standard InChI is InChI=1S/C28H27N3O7/c1-36-22-13-7-18(8-14-22)17-30-24(16-25(32)29-20-11-9-19(10-12-20)27(34)38-3)26(33)31(28(30)35)21-5-4-6-23(15-21)37-2/h4-15,24H,16-17H2,1-3H3,(H,29,32). The molecule has 4 rings (SSSR count). The molecule has 3 aromatic carbocycles. The maximum atomic E-state index is 13.5. The molecule has 1 N–H and O–H groups in total. The van der Waals surface area contributed by atoms with Crippen molar-refractivity contribution in [1.29, 1.82) is 0 Å². The molecule has 0 radical (unpaired) electrons. The number of hydrogen-bond acceptors (Lipinski definition) is 7. The molecule has 1 aliphatic rings. The van der Waals surface area contributed by atoms with E-state index in [2.05, 4.69) is 10.1 Å². The van der Waals surface area contributed by atoms with Crippen molar-refractivity contribution in [1.82, 2.24) is 4.90 Å². The van der Waals surface area contributed by atoms with Gasteiger partial charge in [-0.15, -0.1) is 0 Å². The maximum absolute atomic E-state index is 13.5. The minimum Gasteiger partial charge on any atom is -0.497 e. The van der Waals surface area contributed by atoms with Crippen LogP contribution in [0.15, 0.2) is 72.8 Å². The van der Waals surface area contributed by atoms with Gasteiger partial charge in [0.15, 0.2) is 0 Å². The normalized spacial score (nSPS) is 14.9. The third-order valence-electron chi connectivity index (χ3n) is 6.11. The minimum atomic E-state index is -1.04. The number of methoxy groups -OCH3 is 3. The molecule has 4 amide bonds. The van der Waals surface area contributed by atoms with E-state index in [9.17, 15) is 19.2 Å². The largest absolute Gasteiger partial charge is 0.497 e. The van der Waals surface area contributed by atoms with Crippen LogP contribution in [0.5, 0.6) is 11.5 Å². The molecular formula is C28H27N3O7. The van der Waals surface area contributed by atoms with E-state index in [0.717, 1.165) is 10.5 Å². The SMILES string of the molecule is COC(=O)c1ccc(NC(=O)CC2C(=O)N(c3cccc(OC)c3)C(=O)N2Cc2ccc(OC)cc2)cc1. The second kappa shape index (κ2) is 11.5. The van der Waals surface area contributed by atoms with E-state index < -0.39 is 29.9 Å². The summed E-state index contributed by atoms with van der Waals surface area (Å²) in [5.74, 6) is -0.335. The number of nitrogens with zero attached hydrogens (tertiary/aromatic N) is 2. The van der Waals surface area contributed by atoms with Crippen molar-refractivity contribution in [3.8, 4) is 11.5 Å². The van der Waals surface area contributed by atoms with Crippen LogP contribution in [0.2, 0.25) is 0 Å². The highest BCUT2D eigenvalue weighted by molar-refractivity contribution is 6.22. The van der Waals surface area contributed by atoms with Gasteiger partial charge in [-0.1, -0.05) is 18.2 Å². The third-order valence-corrected chi connectivity index (χ3v) is 6.11. The Hall–Kier alpha value is -4.86. The van der Waals surface area contributed by atoms with Crippen LogP contribution in [0, 0.1) is 0 Å². The van der Waals surface area contributed by atoms with Gasteiger partial charge < -0.3 is 24.4 Å². The number of ether oxygens (including phenoxy) is 3. The maximum Gasteiger partial charge on any atom is 0.337 e. The topological polar surface area (TPSA) is 114 Å². The van der Waals surface area contributed by atoms with Gasteiger partial charge in [0.2, 0.25) is 5.91 Å². The van der Waals surface area contributed by atoms with E-state index in [1.807, 2.05) is 0 Å². The number of anilines is 2. The summed E-state index contributed by atoms with van der Waals surface area (Å²) in [7, 11) is 4.33. The molecule has 196 valence electrons. The summed E-state index contributed by atoms with van der Waals surface area (Å²) in [5.41, 5.74) is 1.89. The van der Waals surface area contributed by atoms with Crippen molar-refractivity contribution in [3.63, 3.8) is 0 Å². The van der Waals surface area contributed by atoms with Crippen LogP contribution < -0.4 is 19.7 Å². The van der Waals surface area contributed by atoms with Crippen LogP contribution in [0.1, 0.15) is 22.3 Å². The number of nitrogens with one attached hydrogen (secondary N) is 1. The zero-order valence-corrected chi connectivity index (χ0v) is 21.2. The fraction of sp³-hybridized carbons (Fsp3) is 0.214. The molecule has 1 saturated heterocycles. The molecule has 10 nitrogen and oxygen atoms in total. The first-order valence-electron chi connectivity index (χ1n) is 11.7. The second-order valence-electron chi connectivity index (χ2n) is 8.47. The average Bonchev–Trinajstić information content (AvgIpc) is 3.17. The Morgan fingerprint density at radius 3 is 2.18 bits per heavy atom. The van der Waals surface area contributed by atoms with Gasteiger partial charge in [-0.05, 0) is 54.1 Å². The quantitative estimate of drug-likeness (QED) is 0.339. The van der Waals surface area contributed by atoms with Crippen LogP contribution >= 0.6 is 0 Å². The monoisotopic (exact) mass is 517 g/mol. The minimum absolute atomic E-state index is 0.112. The van der Waals surface area contributed by atoms with Gasteiger partial charge in [0.05, 0.1) is 39.0 Å². The molecule has 1 aliphatic heterocycles. The molecule has 38 heavy (non-hydrogen) atoms. The Bertz CT molecular complexity index is 1340. The Labute approximate surface area is 219 Å². The van der Waals surface area contributed by atoms with E-state index in [1.165, 1.54) is 31.3 Å². The molecule has 10 heteroatoms. The number of benzene rings is 3. The first kappa shape index (κ1) is 26.2. The first-order valence-corrected chi connectivity index (χ1v) is 11.7. The van der Waals surface area contributed by atoms with Crippen molar-refractivity contribution in [3.05, 3.63) is 83.9 Å². The Morgan fingerprint density at radius 1 is 0.868 bits per heavy atom. The predicted molar refractivity (Wildman–Crippen MR) is 139 cm³/mol. The summed E-state index contributed by atoms with van der Waals surface area (Å²) in [4.78, 5) is 54.1. The summed E-state index contributed by atoms with van der Waals surface area (Å²) in [6.45, 7) is 0.112. The van der Waals surface area contributed by atoms with E-state index in [-0.39, 0.29) is 13.0 Å².